The van der Waals surface area contributed by atoms with Gasteiger partial charge in [-0.05, 0) is 60.4 Å². The molecule has 0 spiro atoms. The molecule has 0 saturated carbocycles. The number of thiophene rings is 1. The van der Waals surface area contributed by atoms with Crippen LogP contribution in [0.4, 0.5) is 0 Å². The summed E-state index contributed by atoms with van der Waals surface area (Å²) >= 11 is 7.40. The molecular weight excluding hydrogens is 338 g/mol. The lowest BCUT2D eigenvalue weighted by molar-refractivity contribution is 0.290. The standard InChI is InChI=1S/C18H17N3OS2/c1-12-7-10-24-17(12)16-15(14-6-2-3-8-19-14)20-18(23)21(16)11-13-5-4-9-22-13/h2-10,15-16H,11H2,1H3,(H,20,23)/t15-,16+/m0/s1. The maximum Gasteiger partial charge on any atom is 0.170 e. The second-order valence-corrected chi connectivity index (χ2v) is 7.14. The molecule has 1 saturated heterocycles. The van der Waals surface area contributed by atoms with E-state index in [9.17, 15) is 0 Å². The van der Waals surface area contributed by atoms with Crippen LogP contribution in [0.25, 0.3) is 0 Å². The minimum absolute atomic E-state index is 0.0333. The molecule has 122 valence electrons. The summed E-state index contributed by atoms with van der Waals surface area (Å²) in [7, 11) is 0. The van der Waals surface area contributed by atoms with Crippen LogP contribution in [-0.4, -0.2) is 15.0 Å². The molecule has 3 aromatic heterocycles. The Morgan fingerprint density at radius 2 is 2.21 bits per heavy atom. The molecule has 24 heavy (non-hydrogen) atoms. The summed E-state index contributed by atoms with van der Waals surface area (Å²) in [6, 6.07) is 12.2. The van der Waals surface area contributed by atoms with Gasteiger partial charge in [0.05, 0.1) is 30.6 Å². The van der Waals surface area contributed by atoms with Crippen molar-refractivity contribution < 1.29 is 4.42 Å². The Kier molecular flexibility index (Phi) is 4.08. The van der Waals surface area contributed by atoms with E-state index in [0.29, 0.717) is 6.54 Å². The highest BCUT2D eigenvalue weighted by Gasteiger charge is 2.41. The summed E-state index contributed by atoms with van der Waals surface area (Å²) in [5.74, 6) is 0.903. The fourth-order valence-electron chi connectivity index (χ4n) is 3.12. The smallest absolute Gasteiger partial charge is 0.170 e. The van der Waals surface area contributed by atoms with Crippen molar-refractivity contribution in [3.8, 4) is 0 Å². The van der Waals surface area contributed by atoms with Crippen molar-refractivity contribution in [3.05, 3.63) is 76.1 Å². The minimum atomic E-state index is 0.0333. The summed E-state index contributed by atoms with van der Waals surface area (Å²) in [4.78, 5) is 8.06. The van der Waals surface area contributed by atoms with E-state index in [1.807, 2.05) is 36.5 Å². The van der Waals surface area contributed by atoms with E-state index in [4.69, 9.17) is 16.6 Å². The molecule has 6 heteroatoms. The first-order chi connectivity index (χ1) is 11.7. The average Bonchev–Trinajstić information content (AvgIpc) is 3.31. The highest BCUT2D eigenvalue weighted by Crippen LogP contribution is 2.42. The molecule has 0 unspecified atom stereocenters. The van der Waals surface area contributed by atoms with Gasteiger partial charge in [0.1, 0.15) is 5.76 Å². The maximum absolute atomic E-state index is 5.63. The molecule has 0 bridgehead atoms. The Morgan fingerprint density at radius 1 is 1.29 bits per heavy atom. The maximum atomic E-state index is 5.63. The molecule has 0 radical (unpaired) electrons. The summed E-state index contributed by atoms with van der Waals surface area (Å²) in [5.41, 5.74) is 2.28. The molecular formula is C18H17N3OS2. The van der Waals surface area contributed by atoms with Gasteiger partial charge in [0.2, 0.25) is 0 Å². The van der Waals surface area contributed by atoms with Gasteiger partial charge in [-0.15, -0.1) is 11.3 Å². The number of hydrogen-bond donors (Lipinski definition) is 1. The number of aryl methyl sites for hydroxylation is 1. The molecule has 1 N–H and O–H groups in total. The summed E-state index contributed by atoms with van der Waals surface area (Å²) in [5, 5.41) is 6.33. The Bertz CT molecular complexity index is 829. The zero-order valence-corrected chi connectivity index (χ0v) is 14.8. The van der Waals surface area contributed by atoms with Crippen molar-refractivity contribution in [2.45, 2.75) is 25.6 Å². The summed E-state index contributed by atoms with van der Waals surface area (Å²) in [6.45, 7) is 2.79. The van der Waals surface area contributed by atoms with Gasteiger partial charge >= 0.3 is 0 Å². The first-order valence-electron chi connectivity index (χ1n) is 7.78. The van der Waals surface area contributed by atoms with Gasteiger partial charge < -0.3 is 14.6 Å². The molecule has 1 aliphatic heterocycles. The molecule has 0 aliphatic carbocycles. The quantitative estimate of drug-likeness (QED) is 0.710. The number of aromatic nitrogens is 1. The normalized spacial score (nSPS) is 20.4. The van der Waals surface area contributed by atoms with Crippen molar-refractivity contribution in [2.24, 2.45) is 0 Å². The fraction of sp³-hybridized carbons (Fsp3) is 0.222. The van der Waals surface area contributed by atoms with Crippen LogP contribution >= 0.6 is 23.6 Å². The number of furan rings is 1. The molecule has 4 nitrogen and oxygen atoms in total. The summed E-state index contributed by atoms with van der Waals surface area (Å²) in [6.07, 6.45) is 3.52. The summed E-state index contributed by atoms with van der Waals surface area (Å²) < 4.78 is 5.54. The number of pyridine rings is 1. The predicted octanol–water partition coefficient (Wildman–Crippen LogP) is 4.22. The van der Waals surface area contributed by atoms with E-state index in [1.54, 1.807) is 17.6 Å². The average molecular weight is 355 g/mol. The van der Waals surface area contributed by atoms with Crippen molar-refractivity contribution in [1.29, 1.82) is 0 Å². The van der Waals surface area contributed by atoms with Crippen LogP contribution in [0.1, 0.15) is 34.0 Å². The molecule has 4 rings (SSSR count). The van der Waals surface area contributed by atoms with Gasteiger partial charge in [0, 0.05) is 11.1 Å². The minimum Gasteiger partial charge on any atom is -0.467 e. The van der Waals surface area contributed by atoms with Gasteiger partial charge in [0.15, 0.2) is 5.11 Å². The monoisotopic (exact) mass is 355 g/mol. The Balaban J connectivity index is 1.75. The first kappa shape index (κ1) is 15.4. The topological polar surface area (TPSA) is 41.3 Å². The van der Waals surface area contributed by atoms with E-state index < -0.39 is 0 Å². The highest BCUT2D eigenvalue weighted by atomic mass is 32.1. The van der Waals surface area contributed by atoms with Crippen LogP contribution in [0.15, 0.2) is 58.7 Å². The third kappa shape index (κ3) is 2.72. The van der Waals surface area contributed by atoms with Gasteiger partial charge in [-0.2, -0.15) is 0 Å². The fourth-order valence-corrected chi connectivity index (χ4v) is 4.50. The Morgan fingerprint density at radius 3 is 2.88 bits per heavy atom. The van der Waals surface area contributed by atoms with Crippen LogP contribution in [0, 0.1) is 6.92 Å². The lowest BCUT2D eigenvalue weighted by Gasteiger charge is -2.26. The number of nitrogens with one attached hydrogen (secondary N) is 1. The SMILES string of the molecule is Cc1ccsc1[C@H]1[C@H](c2ccccn2)NC(=S)N1Cc1ccco1. The van der Waals surface area contributed by atoms with Gasteiger partial charge in [-0.25, -0.2) is 0 Å². The van der Waals surface area contributed by atoms with Crippen molar-refractivity contribution in [1.82, 2.24) is 15.2 Å². The van der Waals surface area contributed by atoms with Crippen LogP contribution in [0.5, 0.6) is 0 Å². The molecule has 1 aliphatic rings. The number of nitrogens with zero attached hydrogens (tertiary/aromatic N) is 2. The second kappa shape index (κ2) is 6.37. The molecule has 0 aromatic carbocycles. The van der Waals surface area contributed by atoms with E-state index >= 15 is 0 Å². The zero-order chi connectivity index (χ0) is 16.5. The molecule has 2 atom stereocenters. The van der Waals surface area contributed by atoms with Gasteiger partial charge in [-0.3, -0.25) is 4.98 Å². The second-order valence-electron chi connectivity index (χ2n) is 5.80. The molecule has 1 fully saturated rings. The number of hydrogen-bond acceptors (Lipinski definition) is 4. The molecule has 4 heterocycles. The lowest BCUT2D eigenvalue weighted by atomic mass is 10.0. The van der Waals surface area contributed by atoms with E-state index in [0.717, 1.165) is 16.6 Å². The van der Waals surface area contributed by atoms with Crippen LogP contribution < -0.4 is 5.32 Å². The molecule has 3 aromatic rings. The largest absolute Gasteiger partial charge is 0.467 e. The van der Waals surface area contributed by atoms with Crippen LogP contribution in [-0.2, 0) is 6.54 Å². The predicted molar refractivity (Wildman–Crippen MR) is 98.8 cm³/mol. The Hall–Kier alpha value is -2.18. The highest BCUT2D eigenvalue weighted by molar-refractivity contribution is 7.80. The van der Waals surface area contributed by atoms with Crippen LogP contribution in [0.3, 0.4) is 0 Å². The van der Waals surface area contributed by atoms with E-state index in [2.05, 4.69) is 33.6 Å². The van der Waals surface area contributed by atoms with E-state index in [1.165, 1.54) is 10.4 Å². The van der Waals surface area contributed by atoms with Crippen molar-refractivity contribution >= 4 is 28.7 Å². The number of thiocarbonyl (C=S) groups is 1. The van der Waals surface area contributed by atoms with Gasteiger partial charge in [-0.1, -0.05) is 6.07 Å². The van der Waals surface area contributed by atoms with Crippen molar-refractivity contribution in [2.75, 3.05) is 0 Å². The third-order valence-corrected chi connectivity index (χ3v) is 5.72. The molecule has 0 amide bonds. The van der Waals surface area contributed by atoms with Crippen molar-refractivity contribution in [3.63, 3.8) is 0 Å². The lowest BCUT2D eigenvalue weighted by Crippen LogP contribution is -2.28. The van der Waals surface area contributed by atoms with Crippen LogP contribution in [0.2, 0.25) is 0 Å². The van der Waals surface area contributed by atoms with Gasteiger partial charge in [0.25, 0.3) is 0 Å². The van der Waals surface area contributed by atoms with E-state index in [-0.39, 0.29) is 12.1 Å². The first-order valence-corrected chi connectivity index (χ1v) is 9.07. The number of rotatable bonds is 4. The third-order valence-electron chi connectivity index (χ3n) is 4.27. The Labute approximate surface area is 150 Å². The zero-order valence-electron chi connectivity index (χ0n) is 13.2.